The summed E-state index contributed by atoms with van der Waals surface area (Å²) >= 11 is 3.70. The lowest BCUT2D eigenvalue weighted by molar-refractivity contribution is -0.0458. The normalized spacial score (nSPS) is 13.8. The molecule has 0 amide bonds. The van der Waals surface area contributed by atoms with Crippen molar-refractivity contribution in [1.29, 1.82) is 0 Å². The highest BCUT2D eigenvalue weighted by Gasteiger charge is 2.36. The summed E-state index contributed by atoms with van der Waals surface area (Å²) in [5.74, 6) is 0. The summed E-state index contributed by atoms with van der Waals surface area (Å²) in [6.07, 6.45) is 3.81. The van der Waals surface area contributed by atoms with Crippen LogP contribution in [0.1, 0.15) is 45.0 Å². The van der Waals surface area contributed by atoms with E-state index in [0.29, 0.717) is 0 Å². The molecule has 1 aromatic rings. The monoisotopic (exact) mass is 345 g/mol. The van der Waals surface area contributed by atoms with E-state index in [1.165, 1.54) is 5.69 Å². The molecule has 1 aromatic heterocycles. The number of hydrogen-bond acceptors (Lipinski definition) is 3. The number of rotatable bonds is 8. The van der Waals surface area contributed by atoms with E-state index in [0.717, 1.165) is 35.8 Å². The van der Waals surface area contributed by atoms with Crippen LogP contribution in [0.5, 0.6) is 0 Å². The highest BCUT2D eigenvalue weighted by Crippen LogP contribution is 2.29. The maximum atomic E-state index is 5.87. The highest BCUT2D eigenvalue weighted by molar-refractivity contribution is 9.10. The summed E-state index contributed by atoms with van der Waals surface area (Å²) in [6.45, 7) is 6.50. The summed E-state index contributed by atoms with van der Waals surface area (Å²) in [5, 5.41) is 8.02. The van der Waals surface area contributed by atoms with E-state index in [1.807, 2.05) is 25.9 Å². The fraction of sp³-hybridized carbons (Fsp3) is 0.800. The number of nitrogens with zero attached hydrogens (tertiary/aromatic N) is 2. The fourth-order valence-electron chi connectivity index (χ4n) is 2.96. The van der Waals surface area contributed by atoms with Gasteiger partial charge in [0.05, 0.1) is 21.5 Å². The molecule has 0 saturated heterocycles. The van der Waals surface area contributed by atoms with E-state index >= 15 is 0 Å². The maximum Gasteiger partial charge on any atom is 0.0829 e. The molecule has 0 fully saturated rings. The quantitative estimate of drug-likeness (QED) is 0.786. The van der Waals surface area contributed by atoms with Gasteiger partial charge in [-0.1, -0.05) is 20.8 Å². The number of methoxy groups -OCH3 is 1. The third-order valence-electron chi connectivity index (χ3n) is 4.49. The number of nitrogens with one attached hydrogen (secondary N) is 1. The van der Waals surface area contributed by atoms with E-state index in [2.05, 4.69) is 47.1 Å². The molecule has 1 N–H and O–H groups in total. The second kappa shape index (κ2) is 7.57. The zero-order valence-corrected chi connectivity index (χ0v) is 15.2. The molecule has 1 rings (SSSR count). The maximum absolute atomic E-state index is 5.87. The van der Waals surface area contributed by atoms with Gasteiger partial charge in [0, 0.05) is 26.6 Å². The van der Waals surface area contributed by atoms with Crippen molar-refractivity contribution in [2.45, 2.75) is 58.1 Å². The van der Waals surface area contributed by atoms with Crippen molar-refractivity contribution in [3.05, 3.63) is 15.9 Å². The van der Waals surface area contributed by atoms with Crippen LogP contribution in [0, 0.1) is 0 Å². The average Bonchev–Trinajstić information content (AvgIpc) is 2.75. The van der Waals surface area contributed by atoms with Crippen LogP contribution >= 0.6 is 15.9 Å². The predicted molar refractivity (Wildman–Crippen MR) is 87.2 cm³/mol. The fourth-order valence-corrected chi connectivity index (χ4v) is 3.74. The third-order valence-corrected chi connectivity index (χ3v) is 5.40. The Kier molecular flexibility index (Phi) is 6.69. The second-order valence-electron chi connectivity index (χ2n) is 5.21. The van der Waals surface area contributed by atoms with Crippen molar-refractivity contribution in [3.63, 3.8) is 0 Å². The topological polar surface area (TPSA) is 39.1 Å². The number of aromatic nitrogens is 2. The first-order valence-electron chi connectivity index (χ1n) is 7.42. The van der Waals surface area contributed by atoms with Crippen LogP contribution in [0.2, 0.25) is 0 Å². The molecular formula is C15H28BrN3O. The Morgan fingerprint density at radius 3 is 2.30 bits per heavy atom. The van der Waals surface area contributed by atoms with Gasteiger partial charge in [-0.25, -0.2) is 0 Å². The summed E-state index contributed by atoms with van der Waals surface area (Å²) in [6, 6.07) is 0.263. The van der Waals surface area contributed by atoms with Crippen LogP contribution in [0.4, 0.5) is 0 Å². The lowest BCUT2D eigenvalue weighted by Crippen LogP contribution is -2.51. The number of likely N-dealkylation sites (N-methyl/N-ethyl adjacent to an activating group) is 1. The molecule has 0 aliphatic carbocycles. The molecular weight excluding hydrogens is 318 g/mol. The van der Waals surface area contributed by atoms with Gasteiger partial charge in [0.2, 0.25) is 0 Å². The highest BCUT2D eigenvalue weighted by atomic mass is 79.9. The minimum Gasteiger partial charge on any atom is -0.377 e. The van der Waals surface area contributed by atoms with Crippen molar-refractivity contribution in [2.24, 2.45) is 7.05 Å². The second-order valence-corrected chi connectivity index (χ2v) is 6.00. The van der Waals surface area contributed by atoms with Crippen molar-refractivity contribution in [1.82, 2.24) is 15.1 Å². The van der Waals surface area contributed by atoms with Gasteiger partial charge in [0.1, 0.15) is 0 Å². The Hall–Kier alpha value is -0.390. The molecule has 1 atom stereocenters. The van der Waals surface area contributed by atoms with Gasteiger partial charge < -0.3 is 10.1 Å². The zero-order valence-electron chi connectivity index (χ0n) is 13.6. The zero-order chi connectivity index (χ0) is 15.3. The van der Waals surface area contributed by atoms with Gasteiger partial charge in [-0.3, -0.25) is 4.68 Å². The Morgan fingerprint density at radius 1 is 1.35 bits per heavy atom. The molecule has 0 radical (unpaired) electrons. The Morgan fingerprint density at radius 2 is 1.95 bits per heavy atom. The van der Waals surface area contributed by atoms with Gasteiger partial charge in [0.25, 0.3) is 0 Å². The average molecular weight is 346 g/mol. The molecule has 116 valence electrons. The lowest BCUT2D eigenvalue weighted by atomic mass is 9.85. The number of halogens is 1. The summed E-state index contributed by atoms with van der Waals surface area (Å²) in [7, 11) is 5.83. The van der Waals surface area contributed by atoms with E-state index in [4.69, 9.17) is 4.74 Å². The van der Waals surface area contributed by atoms with E-state index in [1.54, 1.807) is 0 Å². The predicted octanol–water partition coefficient (Wildman–Crippen LogP) is 3.08. The van der Waals surface area contributed by atoms with Crippen molar-refractivity contribution >= 4 is 15.9 Å². The summed E-state index contributed by atoms with van der Waals surface area (Å²) in [4.78, 5) is 0. The molecule has 0 aliphatic rings. The standard InChI is InChI=1S/C15H28BrN3O/c1-7-11-14(16)12(19(5)18-11)10-13(17-4)15(8-2,9-3)20-6/h13,17H,7-10H2,1-6H3. The largest absolute Gasteiger partial charge is 0.377 e. The summed E-state index contributed by atoms with van der Waals surface area (Å²) in [5.41, 5.74) is 2.21. The summed E-state index contributed by atoms with van der Waals surface area (Å²) < 4.78 is 8.99. The van der Waals surface area contributed by atoms with Crippen LogP contribution in [-0.4, -0.2) is 35.6 Å². The first-order valence-corrected chi connectivity index (χ1v) is 8.21. The molecule has 0 aromatic carbocycles. The first-order chi connectivity index (χ1) is 9.49. The van der Waals surface area contributed by atoms with E-state index < -0.39 is 0 Å². The molecule has 1 unspecified atom stereocenters. The first kappa shape index (κ1) is 17.7. The van der Waals surface area contributed by atoms with Crippen LogP contribution in [-0.2, 0) is 24.6 Å². The Labute approximate surface area is 131 Å². The lowest BCUT2D eigenvalue weighted by Gasteiger charge is -2.38. The Balaban J connectivity index is 3.08. The molecule has 4 nitrogen and oxygen atoms in total. The van der Waals surface area contributed by atoms with Crippen molar-refractivity contribution < 1.29 is 4.74 Å². The molecule has 0 saturated carbocycles. The van der Waals surface area contributed by atoms with Gasteiger partial charge in [-0.15, -0.1) is 0 Å². The Bertz CT molecular complexity index is 419. The van der Waals surface area contributed by atoms with E-state index in [9.17, 15) is 0 Å². The van der Waals surface area contributed by atoms with Crippen molar-refractivity contribution in [2.75, 3.05) is 14.2 Å². The minimum absolute atomic E-state index is 0.134. The van der Waals surface area contributed by atoms with Gasteiger partial charge >= 0.3 is 0 Å². The molecule has 0 spiro atoms. The number of aryl methyl sites for hydroxylation is 2. The smallest absolute Gasteiger partial charge is 0.0829 e. The number of ether oxygens (including phenoxy) is 1. The molecule has 0 bridgehead atoms. The van der Waals surface area contributed by atoms with Gasteiger partial charge in [0.15, 0.2) is 0 Å². The minimum atomic E-state index is -0.134. The third kappa shape index (κ3) is 3.26. The molecule has 20 heavy (non-hydrogen) atoms. The van der Waals surface area contributed by atoms with Crippen molar-refractivity contribution in [3.8, 4) is 0 Å². The van der Waals surface area contributed by atoms with E-state index in [-0.39, 0.29) is 11.6 Å². The van der Waals surface area contributed by atoms with Gasteiger partial charge in [-0.2, -0.15) is 5.10 Å². The molecule has 5 heteroatoms. The van der Waals surface area contributed by atoms with Gasteiger partial charge in [-0.05, 0) is 42.2 Å². The van der Waals surface area contributed by atoms with Crippen LogP contribution in [0.3, 0.4) is 0 Å². The molecule has 0 aliphatic heterocycles. The van der Waals surface area contributed by atoms with Crippen LogP contribution < -0.4 is 5.32 Å². The van der Waals surface area contributed by atoms with Crippen LogP contribution in [0.25, 0.3) is 0 Å². The molecule has 1 heterocycles. The van der Waals surface area contributed by atoms with Crippen LogP contribution in [0.15, 0.2) is 4.47 Å². The number of hydrogen-bond donors (Lipinski definition) is 1. The SMILES string of the molecule is CCc1nn(C)c(CC(NC)C(CC)(CC)OC)c1Br.